The van der Waals surface area contributed by atoms with Gasteiger partial charge in [-0.1, -0.05) is 62.0 Å². The first-order valence-electron chi connectivity index (χ1n) is 9.76. The summed E-state index contributed by atoms with van der Waals surface area (Å²) in [5, 5.41) is 12.6. The van der Waals surface area contributed by atoms with E-state index in [-0.39, 0.29) is 23.7 Å². The second-order valence-corrected chi connectivity index (χ2v) is 8.16. The normalized spacial score (nSPS) is 12.0. The van der Waals surface area contributed by atoms with Crippen LogP contribution in [-0.4, -0.2) is 20.7 Å². The molecule has 0 aliphatic carbocycles. The quantitative estimate of drug-likeness (QED) is 0.387. The third-order valence-corrected chi connectivity index (χ3v) is 5.64. The molecule has 156 valence electrons. The molecule has 1 N–H and O–H groups in total. The molecule has 1 atom stereocenters. The van der Waals surface area contributed by atoms with Crippen LogP contribution in [0.3, 0.4) is 0 Å². The lowest BCUT2D eigenvalue weighted by Gasteiger charge is -2.22. The fraction of sp³-hybridized carbons (Fsp3) is 0.261. The van der Waals surface area contributed by atoms with Crippen LogP contribution in [0.2, 0.25) is 0 Å². The zero-order valence-corrected chi connectivity index (χ0v) is 17.9. The molecule has 1 amide bonds. The number of allylic oxidation sites excluding steroid dienone is 1. The van der Waals surface area contributed by atoms with E-state index in [1.54, 1.807) is 30.3 Å². The molecule has 0 saturated carbocycles. The molecule has 3 rings (SSSR count). The van der Waals surface area contributed by atoms with Crippen molar-refractivity contribution >= 4 is 17.7 Å². The predicted octanol–water partition coefficient (Wildman–Crippen LogP) is 5.02. The molecule has 0 spiro atoms. The fourth-order valence-electron chi connectivity index (χ4n) is 3.01. The number of hydrogen-bond donors (Lipinski definition) is 1. The van der Waals surface area contributed by atoms with Crippen LogP contribution in [0.5, 0.6) is 0 Å². The van der Waals surface area contributed by atoms with E-state index in [0.717, 1.165) is 10.7 Å². The summed E-state index contributed by atoms with van der Waals surface area (Å²) in [4.78, 5) is 12.7. The standard InChI is InChI=1S/C23H25FN4OS/c1-4-14-28-21(20(16(2)3)25-22(29)18-8-6-5-7-9-18)26-27-23(28)30-15-17-10-12-19(24)13-11-17/h4-13,16,20H,1,14-15H2,2-3H3,(H,25,29)/t20-/m0/s1. The maximum absolute atomic E-state index is 13.1. The molecule has 30 heavy (non-hydrogen) atoms. The first kappa shape index (κ1) is 21.8. The second kappa shape index (κ2) is 10.2. The van der Waals surface area contributed by atoms with Crippen molar-refractivity contribution in [2.24, 2.45) is 5.92 Å². The Morgan fingerprint density at radius 3 is 2.50 bits per heavy atom. The Bertz CT molecular complexity index is 986. The molecular formula is C23H25FN4OS. The van der Waals surface area contributed by atoms with E-state index < -0.39 is 0 Å². The van der Waals surface area contributed by atoms with Gasteiger partial charge in [0.25, 0.3) is 5.91 Å². The Kier molecular flexibility index (Phi) is 7.41. The van der Waals surface area contributed by atoms with Gasteiger partial charge >= 0.3 is 0 Å². The third kappa shape index (κ3) is 5.36. The average molecular weight is 425 g/mol. The highest BCUT2D eigenvalue weighted by molar-refractivity contribution is 7.98. The van der Waals surface area contributed by atoms with Gasteiger partial charge in [0.1, 0.15) is 5.82 Å². The Labute approximate surface area is 180 Å². The minimum atomic E-state index is -0.301. The van der Waals surface area contributed by atoms with Crippen molar-refractivity contribution in [1.82, 2.24) is 20.1 Å². The molecule has 0 unspecified atom stereocenters. The summed E-state index contributed by atoms with van der Waals surface area (Å²) in [5.74, 6) is 1.03. The van der Waals surface area contributed by atoms with Crippen LogP contribution in [-0.2, 0) is 12.3 Å². The van der Waals surface area contributed by atoms with Crippen molar-refractivity contribution in [3.8, 4) is 0 Å². The van der Waals surface area contributed by atoms with Gasteiger partial charge in [-0.05, 0) is 35.7 Å². The number of aromatic nitrogens is 3. The number of hydrogen-bond acceptors (Lipinski definition) is 4. The summed E-state index contributed by atoms with van der Waals surface area (Å²) < 4.78 is 15.1. The summed E-state index contributed by atoms with van der Waals surface area (Å²) in [7, 11) is 0. The second-order valence-electron chi connectivity index (χ2n) is 7.22. The molecule has 2 aromatic carbocycles. The van der Waals surface area contributed by atoms with Gasteiger partial charge in [-0.25, -0.2) is 4.39 Å². The summed E-state index contributed by atoms with van der Waals surface area (Å²) in [6, 6.07) is 15.2. The predicted molar refractivity (Wildman–Crippen MR) is 118 cm³/mol. The number of carbonyl (C=O) groups excluding carboxylic acids is 1. The fourth-order valence-corrected chi connectivity index (χ4v) is 3.92. The van der Waals surface area contributed by atoms with E-state index >= 15 is 0 Å². The molecule has 7 heteroatoms. The molecule has 5 nitrogen and oxygen atoms in total. The van der Waals surface area contributed by atoms with Crippen molar-refractivity contribution in [1.29, 1.82) is 0 Å². The van der Waals surface area contributed by atoms with Gasteiger partial charge in [-0.15, -0.1) is 16.8 Å². The molecule has 3 aromatic rings. The van der Waals surface area contributed by atoms with E-state index in [9.17, 15) is 9.18 Å². The summed E-state index contributed by atoms with van der Waals surface area (Å²) in [6.45, 7) is 8.44. The van der Waals surface area contributed by atoms with Crippen LogP contribution < -0.4 is 5.32 Å². The van der Waals surface area contributed by atoms with Crippen LogP contribution in [0, 0.1) is 11.7 Å². The number of carbonyl (C=O) groups is 1. The third-order valence-electron chi connectivity index (χ3n) is 4.61. The van der Waals surface area contributed by atoms with Gasteiger partial charge < -0.3 is 9.88 Å². The van der Waals surface area contributed by atoms with Crippen LogP contribution in [0.15, 0.2) is 72.4 Å². The first-order valence-corrected chi connectivity index (χ1v) is 10.7. The van der Waals surface area contributed by atoms with Crippen LogP contribution >= 0.6 is 11.8 Å². The maximum Gasteiger partial charge on any atom is 0.251 e. The van der Waals surface area contributed by atoms with E-state index in [0.29, 0.717) is 23.7 Å². The van der Waals surface area contributed by atoms with Gasteiger partial charge in [0.2, 0.25) is 0 Å². The zero-order valence-electron chi connectivity index (χ0n) is 17.1. The van der Waals surface area contributed by atoms with Crippen molar-refractivity contribution in [3.63, 3.8) is 0 Å². The van der Waals surface area contributed by atoms with E-state index in [1.807, 2.05) is 36.6 Å². The highest BCUT2D eigenvalue weighted by Gasteiger charge is 2.26. The Morgan fingerprint density at radius 2 is 1.87 bits per heavy atom. The Balaban J connectivity index is 1.82. The molecule has 0 bridgehead atoms. The maximum atomic E-state index is 13.1. The van der Waals surface area contributed by atoms with Gasteiger partial charge in [0, 0.05) is 17.9 Å². The number of nitrogens with zero attached hydrogens (tertiary/aromatic N) is 3. The lowest BCUT2D eigenvalue weighted by Crippen LogP contribution is -2.33. The number of amides is 1. The van der Waals surface area contributed by atoms with E-state index in [4.69, 9.17) is 0 Å². The topological polar surface area (TPSA) is 59.8 Å². The van der Waals surface area contributed by atoms with Gasteiger partial charge in [0.15, 0.2) is 11.0 Å². The van der Waals surface area contributed by atoms with Crippen molar-refractivity contribution in [3.05, 3.63) is 90.0 Å². The number of halogens is 1. The molecule has 0 aliphatic heterocycles. The van der Waals surface area contributed by atoms with Gasteiger partial charge in [-0.3, -0.25) is 4.79 Å². The Hall–Kier alpha value is -2.93. The SMILES string of the molecule is C=CCn1c(SCc2ccc(F)cc2)nnc1[C@@H](NC(=O)c1ccccc1)C(C)C. The summed E-state index contributed by atoms with van der Waals surface area (Å²) >= 11 is 1.52. The van der Waals surface area contributed by atoms with Crippen LogP contribution in [0.1, 0.15) is 41.6 Å². The molecule has 1 aromatic heterocycles. The van der Waals surface area contributed by atoms with Crippen LogP contribution in [0.25, 0.3) is 0 Å². The van der Waals surface area contributed by atoms with Crippen molar-refractivity contribution in [2.75, 3.05) is 0 Å². The molecular weight excluding hydrogens is 399 g/mol. The molecule has 1 heterocycles. The largest absolute Gasteiger partial charge is 0.342 e. The summed E-state index contributed by atoms with van der Waals surface area (Å²) in [6.07, 6.45) is 1.78. The minimum absolute atomic E-state index is 0.111. The molecule has 0 saturated heterocycles. The van der Waals surface area contributed by atoms with E-state index in [2.05, 4.69) is 22.1 Å². The monoisotopic (exact) mass is 424 g/mol. The minimum Gasteiger partial charge on any atom is -0.342 e. The summed E-state index contributed by atoms with van der Waals surface area (Å²) in [5.41, 5.74) is 1.60. The van der Waals surface area contributed by atoms with Gasteiger partial charge in [-0.2, -0.15) is 0 Å². The lowest BCUT2D eigenvalue weighted by molar-refractivity contribution is 0.0922. The van der Waals surface area contributed by atoms with E-state index in [1.165, 1.54) is 23.9 Å². The number of benzene rings is 2. The highest BCUT2D eigenvalue weighted by atomic mass is 32.2. The molecule has 0 aliphatic rings. The number of thioether (sulfide) groups is 1. The first-order chi connectivity index (χ1) is 14.5. The van der Waals surface area contributed by atoms with Crippen molar-refractivity contribution < 1.29 is 9.18 Å². The lowest BCUT2D eigenvalue weighted by atomic mass is 10.0. The highest BCUT2D eigenvalue weighted by Crippen LogP contribution is 2.27. The molecule has 0 fully saturated rings. The number of rotatable bonds is 9. The smallest absolute Gasteiger partial charge is 0.251 e. The average Bonchev–Trinajstić information content (AvgIpc) is 3.14. The molecule has 0 radical (unpaired) electrons. The van der Waals surface area contributed by atoms with Crippen molar-refractivity contribution in [2.45, 2.75) is 37.3 Å². The zero-order chi connectivity index (χ0) is 21.5. The van der Waals surface area contributed by atoms with Crippen LogP contribution in [0.4, 0.5) is 4.39 Å². The number of nitrogens with one attached hydrogen (secondary N) is 1. The Morgan fingerprint density at radius 1 is 1.17 bits per heavy atom. The van der Waals surface area contributed by atoms with Gasteiger partial charge in [0.05, 0.1) is 6.04 Å².